The molecular weight excluding hydrogens is 461 g/mol. The molecule has 6 nitrogen and oxygen atoms in total. The summed E-state index contributed by atoms with van der Waals surface area (Å²) in [6, 6.07) is 20.9. The number of piperazine rings is 1. The fourth-order valence-electron chi connectivity index (χ4n) is 4.39. The van der Waals surface area contributed by atoms with Gasteiger partial charge < -0.3 is 14.4 Å². The number of benzene rings is 2. The molecule has 0 atom stereocenters. The van der Waals surface area contributed by atoms with E-state index in [9.17, 15) is 9.18 Å². The Kier molecular flexibility index (Phi) is 7.18. The minimum Gasteiger partial charge on any atom is -0.366 e. The molecule has 3 heterocycles. The number of hydrogen-bond donors (Lipinski definition) is 0. The molecule has 0 radical (unpaired) electrons. The Labute approximate surface area is 209 Å². The summed E-state index contributed by atoms with van der Waals surface area (Å²) in [5.74, 6) is 2.49. The molecule has 0 aliphatic carbocycles. The summed E-state index contributed by atoms with van der Waals surface area (Å²) in [6.45, 7) is 2.55. The lowest BCUT2D eigenvalue weighted by atomic mass is 10.2. The second-order valence-electron chi connectivity index (χ2n) is 8.45. The summed E-state index contributed by atoms with van der Waals surface area (Å²) in [4.78, 5) is 16.7. The van der Waals surface area contributed by atoms with Crippen molar-refractivity contribution < 1.29 is 9.18 Å². The number of rotatable bonds is 8. The van der Waals surface area contributed by atoms with Crippen LogP contribution in [0.15, 0.2) is 85.3 Å². The molecule has 1 amide bonds. The molecule has 0 spiro atoms. The van der Waals surface area contributed by atoms with Gasteiger partial charge in [-0.1, -0.05) is 30.3 Å². The summed E-state index contributed by atoms with van der Waals surface area (Å²) in [7, 11) is 0. The highest BCUT2D eigenvalue weighted by Gasteiger charge is 2.22. The van der Waals surface area contributed by atoms with Crippen molar-refractivity contribution in [1.82, 2.24) is 19.2 Å². The van der Waals surface area contributed by atoms with E-state index in [-0.39, 0.29) is 11.7 Å². The van der Waals surface area contributed by atoms with Crippen LogP contribution in [0, 0.1) is 5.82 Å². The SMILES string of the molecule is O=C(CCSCc1cnn(-c2ccccc2)c1-n1cccc1)N1CCN(c2ccccc2F)CC1. The Balaban J connectivity index is 1.15. The van der Waals surface area contributed by atoms with Crippen molar-refractivity contribution in [2.24, 2.45) is 0 Å². The normalized spacial score (nSPS) is 13.9. The third-order valence-corrected chi connectivity index (χ3v) is 7.22. The summed E-state index contributed by atoms with van der Waals surface area (Å²) in [6.07, 6.45) is 6.46. The Morgan fingerprint density at radius 1 is 0.914 bits per heavy atom. The largest absolute Gasteiger partial charge is 0.366 e. The third kappa shape index (κ3) is 5.27. The lowest BCUT2D eigenvalue weighted by molar-refractivity contribution is -0.131. The Morgan fingerprint density at radius 3 is 2.37 bits per heavy atom. The molecule has 0 unspecified atom stereocenters. The fraction of sp³-hybridized carbons (Fsp3) is 0.259. The van der Waals surface area contributed by atoms with E-state index in [1.165, 1.54) is 6.07 Å². The Morgan fingerprint density at radius 2 is 1.63 bits per heavy atom. The zero-order valence-electron chi connectivity index (χ0n) is 19.5. The van der Waals surface area contributed by atoms with Gasteiger partial charge in [0.15, 0.2) is 0 Å². The fourth-order valence-corrected chi connectivity index (χ4v) is 5.28. The van der Waals surface area contributed by atoms with Crippen molar-refractivity contribution in [3.8, 4) is 11.5 Å². The van der Waals surface area contributed by atoms with E-state index in [0.717, 1.165) is 28.6 Å². The quantitative estimate of drug-likeness (QED) is 0.335. The highest BCUT2D eigenvalue weighted by Crippen LogP contribution is 2.24. The number of carbonyl (C=O) groups excluding carboxylic acids is 1. The Bertz CT molecular complexity index is 1250. The predicted molar refractivity (Wildman–Crippen MR) is 139 cm³/mol. The minimum absolute atomic E-state index is 0.163. The lowest BCUT2D eigenvalue weighted by Crippen LogP contribution is -2.49. The first-order valence-electron chi connectivity index (χ1n) is 11.8. The zero-order chi connectivity index (χ0) is 24.0. The van der Waals surface area contributed by atoms with Crippen LogP contribution in [0.5, 0.6) is 0 Å². The molecule has 4 aromatic rings. The second kappa shape index (κ2) is 10.8. The monoisotopic (exact) mass is 489 g/mol. The van der Waals surface area contributed by atoms with Crippen LogP contribution in [-0.2, 0) is 10.5 Å². The van der Waals surface area contributed by atoms with E-state index in [2.05, 4.69) is 9.67 Å². The minimum atomic E-state index is -0.210. The van der Waals surface area contributed by atoms with Gasteiger partial charge in [0.1, 0.15) is 11.6 Å². The molecular formula is C27H28FN5OS. The number of nitrogens with zero attached hydrogens (tertiary/aromatic N) is 5. The molecule has 0 saturated carbocycles. The van der Waals surface area contributed by atoms with E-state index < -0.39 is 0 Å². The number of para-hydroxylation sites is 2. The van der Waals surface area contributed by atoms with Crippen molar-refractivity contribution in [3.63, 3.8) is 0 Å². The maximum atomic E-state index is 14.1. The number of halogens is 1. The molecule has 35 heavy (non-hydrogen) atoms. The maximum absolute atomic E-state index is 14.1. The van der Waals surface area contributed by atoms with Crippen molar-refractivity contribution in [2.45, 2.75) is 12.2 Å². The number of anilines is 1. The van der Waals surface area contributed by atoms with Gasteiger partial charge in [-0.25, -0.2) is 9.07 Å². The van der Waals surface area contributed by atoms with E-state index in [0.29, 0.717) is 38.3 Å². The van der Waals surface area contributed by atoms with Crippen LogP contribution in [0.3, 0.4) is 0 Å². The van der Waals surface area contributed by atoms with Gasteiger partial charge in [-0.3, -0.25) is 4.79 Å². The van der Waals surface area contributed by atoms with Gasteiger partial charge in [0.2, 0.25) is 5.91 Å². The summed E-state index contributed by atoms with van der Waals surface area (Å²) in [5, 5.41) is 4.64. The van der Waals surface area contributed by atoms with Crippen LogP contribution in [0.2, 0.25) is 0 Å². The molecule has 2 aromatic heterocycles. The Hall–Kier alpha value is -3.52. The van der Waals surface area contributed by atoms with E-state index in [1.54, 1.807) is 23.9 Å². The van der Waals surface area contributed by atoms with Crippen molar-refractivity contribution in [3.05, 3.63) is 96.7 Å². The second-order valence-corrected chi connectivity index (χ2v) is 9.56. The van der Waals surface area contributed by atoms with Crippen LogP contribution < -0.4 is 4.90 Å². The van der Waals surface area contributed by atoms with Gasteiger partial charge in [0.25, 0.3) is 0 Å². The average Bonchev–Trinajstić information content (AvgIpc) is 3.57. The molecule has 2 aromatic carbocycles. The van der Waals surface area contributed by atoms with E-state index in [4.69, 9.17) is 0 Å². The van der Waals surface area contributed by atoms with Gasteiger partial charge >= 0.3 is 0 Å². The molecule has 1 saturated heterocycles. The lowest BCUT2D eigenvalue weighted by Gasteiger charge is -2.36. The van der Waals surface area contributed by atoms with E-state index in [1.807, 2.05) is 81.6 Å². The summed E-state index contributed by atoms with van der Waals surface area (Å²) >= 11 is 1.74. The zero-order valence-corrected chi connectivity index (χ0v) is 20.3. The van der Waals surface area contributed by atoms with Crippen LogP contribution in [0.25, 0.3) is 11.5 Å². The number of thioether (sulfide) groups is 1. The molecule has 180 valence electrons. The molecule has 1 aliphatic rings. The third-order valence-electron chi connectivity index (χ3n) is 6.21. The molecule has 1 aliphatic heterocycles. The van der Waals surface area contributed by atoms with Crippen molar-refractivity contribution >= 4 is 23.4 Å². The average molecular weight is 490 g/mol. The molecule has 1 fully saturated rings. The van der Waals surface area contributed by atoms with Gasteiger partial charge in [0.05, 0.1) is 17.6 Å². The van der Waals surface area contributed by atoms with Crippen LogP contribution in [-0.4, -0.2) is 57.1 Å². The number of amides is 1. The predicted octanol–water partition coefficient (Wildman–Crippen LogP) is 4.77. The van der Waals surface area contributed by atoms with Crippen LogP contribution in [0.1, 0.15) is 12.0 Å². The van der Waals surface area contributed by atoms with Gasteiger partial charge in [0, 0.05) is 62.1 Å². The number of aromatic nitrogens is 3. The number of carbonyl (C=O) groups is 1. The van der Waals surface area contributed by atoms with Crippen LogP contribution in [0.4, 0.5) is 10.1 Å². The maximum Gasteiger partial charge on any atom is 0.223 e. The summed E-state index contributed by atoms with van der Waals surface area (Å²) < 4.78 is 18.1. The van der Waals surface area contributed by atoms with Gasteiger partial charge in [-0.15, -0.1) is 0 Å². The smallest absolute Gasteiger partial charge is 0.223 e. The summed E-state index contributed by atoms with van der Waals surface area (Å²) in [5.41, 5.74) is 2.75. The number of hydrogen-bond acceptors (Lipinski definition) is 4. The molecule has 5 rings (SSSR count). The van der Waals surface area contributed by atoms with Gasteiger partial charge in [-0.05, 0) is 36.4 Å². The first kappa shape index (κ1) is 23.2. The van der Waals surface area contributed by atoms with Crippen molar-refractivity contribution in [1.29, 1.82) is 0 Å². The first-order valence-corrected chi connectivity index (χ1v) is 13.0. The molecule has 8 heteroatoms. The highest BCUT2D eigenvalue weighted by molar-refractivity contribution is 7.98. The van der Waals surface area contributed by atoms with Crippen LogP contribution >= 0.6 is 11.8 Å². The molecule has 0 N–H and O–H groups in total. The molecule has 0 bridgehead atoms. The van der Waals surface area contributed by atoms with Crippen molar-refractivity contribution in [2.75, 3.05) is 36.8 Å². The topological polar surface area (TPSA) is 46.3 Å². The standard InChI is InChI=1S/C27H28FN5OS/c28-24-10-4-5-11-25(24)30-15-17-31(18-16-30)26(34)12-19-35-21-22-20-29-33(23-8-2-1-3-9-23)27(22)32-13-6-7-14-32/h1-11,13-14,20H,12,15-19,21H2. The van der Waals surface area contributed by atoms with Gasteiger partial charge in [-0.2, -0.15) is 16.9 Å². The first-order chi connectivity index (χ1) is 17.2. The highest BCUT2D eigenvalue weighted by atomic mass is 32.2. The van der Waals surface area contributed by atoms with E-state index >= 15 is 0 Å².